The van der Waals surface area contributed by atoms with E-state index in [2.05, 4.69) is 17.6 Å². The smallest absolute Gasteiger partial charge is 0.277 e. The summed E-state index contributed by atoms with van der Waals surface area (Å²) in [5, 5.41) is 4.35. The summed E-state index contributed by atoms with van der Waals surface area (Å²) in [4.78, 5) is 34.5. The lowest BCUT2D eigenvalue weighted by molar-refractivity contribution is -0.142. The molecule has 5 nitrogen and oxygen atoms in total. The zero-order chi connectivity index (χ0) is 11.9. The van der Waals surface area contributed by atoms with Crippen molar-refractivity contribution in [3.05, 3.63) is 0 Å². The number of amides is 4. The Hall–Kier alpha value is -1.39. The lowest BCUT2D eigenvalue weighted by Gasteiger charge is -2.37. The van der Waals surface area contributed by atoms with Gasteiger partial charge in [-0.15, -0.1) is 0 Å². The number of carbonyl (C=O) groups is 3. The van der Waals surface area contributed by atoms with Crippen LogP contribution in [0.4, 0.5) is 4.79 Å². The van der Waals surface area contributed by atoms with Gasteiger partial charge in [0.25, 0.3) is 0 Å². The first-order chi connectivity index (χ1) is 7.45. The van der Waals surface area contributed by atoms with Crippen molar-refractivity contribution in [3.8, 4) is 0 Å². The van der Waals surface area contributed by atoms with E-state index in [1.165, 1.54) is 0 Å². The van der Waals surface area contributed by atoms with Crippen LogP contribution in [0, 0.1) is 17.3 Å². The van der Waals surface area contributed by atoms with Gasteiger partial charge in [0.05, 0.1) is 0 Å². The SMILES string of the molecule is CC1CCCC1(C)C1C(=O)NC(=O)NC1=O. The topological polar surface area (TPSA) is 75.3 Å². The molecule has 1 heterocycles. The van der Waals surface area contributed by atoms with Crippen LogP contribution in [0.15, 0.2) is 0 Å². The summed E-state index contributed by atoms with van der Waals surface area (Å²) in [6.07, 6.45) is 2.91. The Kier molecular flexibility index (Phi) is 2.48. The highest BCUT2D eigenvalue weighted by atomic mass is 16.2. The molecule has 0 aromatic heterocycles. The van der Waals surface area contributed by atoms with E-state index >= 15 is 0 Å². The van der Waals surface area contributed by atoms with E-state index in [0.717, 1.165) is 19.3 Å². The minimum atomic E-state index is -0.734. The number of hydrogen-bond acceptors (Lipinski definition) is 3. The lowest BCUT2D eigenvalue weighted by atomic mass is 9.69. The third kappa shape index (κ3) is 1.50. The van der Waals surface area contributed by atoms with Crippen LogP contribution in [0.1, 0.15) is 33.1 Å². The summed E-state index contributed by atoms with van der Waals surface area (Å²) in [5.41, 5.74) is -0.325. The van der Waals surface area contributed by atoms with Gasteiger partial charge in [-0.1, -0.05) is 26.7 Å². The Labute approximate surface area is 94.0 Å². The summed E-state index contributed by atoms with van der Waals surface area (Å²) < 4.78 is 0. The molecule has 2 aliphatic rings. The van der Waals surface area contributed by atoms with Crippen LogP contribution in [0.2, 0.25) is 0 Å². The standard InChI is InChI=1S/C11H16N2O3/c1-6-4-3-5-11(6,2)7-8(14)12-10(16)13-9(7)15/h6-7H,3-5H2,1-2H3,(H2,12,13,14,15,16). The maximum Gasteiger partial charge on any atom is 0.328 e. The molecule has 4 amide bonds. The van der Waals surface area contributed by atoms with E-state index in [9.17, 15) is 14.4 Å². The van der Waals surface area contributed by atoms with Gasteiger partial charge in [0, 0.05) is 0 Å². The first-order valence-corrected chi connectivity index (χ1v) is 5.61. The van der Waals surface area contributed by atoms with Crippen LogP contribution in [0.5, 0.6) is 0 Å². The van der Waals surface area contributed by atoms with Crippen molar-refractivity contribution < 1.29 is 14.4 Å². The first kappa shape index (κ1) is 11.1. The third-order valence-corrected chi connectivity index (χ3v) is 4.14. The zero-order valence-electron chi connectivity index (χ0n) is 9.50. The second-order valence-electron chi connectivity index (χ2n) is 5.04. The summed E-state index contributed by atoms with van der Waals surface area (Å²) in [7, 11) is 0. The molecule has 0 aromatic carbocycles. The molecule has 0 radical (unpaired) electrons. The van der Waals surface area contributed by atoms with Gasteiger partial charge in [0.15, 0.2) is 0 Å². The van der Waals surface area contributed by atoms with Gasteiger partial charge in [0.2, 0.25) is 11.8 Å². The molecular weight excluding hydrogens is 208 g/mol. The predicted octanol–water partition coefficient (Wildman–Crippen LogP) is 0.795. The first-order valence-electron chi connectivity index (χ1n) is 5.61. The Morgan fingerprint density at radius 2 is 1.75 bits per heavy atom. The van der Waals surface area contributed by atoms with Gasteiger partial charge in [-0.05, 0) is 17.8 Å². The molecule has 2 fully saturated rings. The Balaban J connectivity index is 2.29. The largest absolute Gasteiger partial charge is 0.328 e. The van der Waals surface area contributed by atoms with Gasteiger partial charge in [-0.25, -0.2) is 4.79 Å². The van der Waals surface area contributed by atoms with Crippen LogP contribution in [0.3, 0.4) is 0 Å². The normalized spacial score (nSPS) is 36.1. The molecule has 1 saturated carbocycles. The number of urea groups is 1. The molecule has 0 aromatic rings. The van der Waals surface area contributed by atoms with Gasteiger partial charge in [-0.2, -0.15) is 0 Å². The van der Waals surface area contributed by atoms with E-state index in [1.807, 2.05) is 6.92 Å². The van der Waals surface area contributed by atoms with Crippen molar-refractivity contribution in [3.63, 3.8) is 0 Å². The molecule has 2 N–H and O–H groups in total. The number of carbonyl (C=O) groups excluding carboxylic acids is 3. The van der Waals surface area contributed by atoms with E-state index in [1.54, 1.807) is 0 Å². The third-order valence-electron chi connectivity index (χ3n) is 4.14. The summed E-state index contributed by atoms with van der Waals surface area (Å²) in [6.45, 7) is 4.02. The molecule has 0 spiro atoms. The molecule has 1 saturated heterocycles. The summed E-state index contributed by atoms with van der Waals surface area (Å²) >= 11 is 0. The fourth-order valence-corrected chi connectivity index (χ4v) is 2.91. The average molecular weight is 224 g/mol. The average Bonchev–Trinajstić information content (AvgIpc) is 2.45. The van der Waals surface area contributed by atoms with Crippen molar-refractivity contribution in [2.45, 2.75) is 33.1 Å². The number of hydrogen-bond donors (Lipinski definition) is 2. The molecule has 2 atom stereocenters. The van der Waals surface area contributed by atoms with Gasteiger partial charge < -0.3 is 0 Å². The summed E-state index contributed by atoms with van der Waals surface area (Å²) in [6, 6.07) is -0.708. The zero-order valence-corrected chi connectivity index (χ0v) is 9.50. The highest BCUT2D eigenvalue weighted by Crippen LogP contribution is 2.48. The second-order valence-corrected chi connectivity index (χ2v) is 5.04. The van der Waals surface area contributed by atoms with E-state index in [0.29, 0.717) is 5.92 Å². The van der Waals surface area contributed by atoms with Crippen LogP contribution in [-0.4, -0.2) is 17.8 Å². The Bertz CT molecular complexity index is 346. The van der Waals surface area contributed by atoms with Crippen molar-refractivity contribution >= 4 is 17.8 Å². The monoisotopic (exact) mass is 224 g/mol. The highest BCUT2D eigenvalue weighted by Gasteiger charge is 2.51. The van der Waals surface area contributed by atoms with Crippen LogP contribution < -0.4 is 10.6 Å². The van der Waals surface area contributed by atoms with Gasteiger partial charge in [-0.3, -0.25) is 20.2 Å². The Morgan fingerprint density at radius 1 is 1.19 bits per heavy atom. The molecule has 88 valence electrons. The van der Waals surface area contributed by atoms with E-state index < -0.39 is 23.8 Å². The Morgan fingerprint density at radius 3 is 2.19 bits per heavy atom. The van der Waals surface area contributed by atoms with E-state index in [-0.39, 0.29) is 5.41 Å². The van der Waals surface area contributed by atoms with Crippen molar-refractivity contribution in [2.24, 2.45) is 17.3 Å². The van der Waals surface area contributed by atoms with E-state index in [4.69, 9.17) is 0 Å². The minimum Gasteiger partial charge on any atom is -0.277 e. The number of barbiturate groups is 1. The van der Waals surface area contributed by atoms with Crippen molar-refractivity contribution in [2.75, 3.05) is 0 Å². The highest BCUT2D eigenvalue weighted by molar-refractivity contribution is 6.16. The van der Waals surface area contributed by atoms with Crippen molar-refractivity contribution in [1.82, 2.24) is 10.6 Å². The predicted molar refractivity (Wildman–Crippen MR) is 56.3 cm³/mol. The number of rotatable bonds is 1. The fourth-order valence-electron chi connectivity index (χ4n) is 2.91. The molecule has 1 aliphatic heterocycles. The fraction of sp³-hybridized carbons (Fsp3) is 0.727. The van der Waals surface area contributed by atoms with Crippen LogP contribution >= 0.6 is 0 Å². The van der Waals surface area contributed by atoms with Gasteiger partial charge >= 0.3 is 6.03 Å². The van der Waals surface area contributed by atoms with Gasteiger partial charge in [0.1, 0.15) is 5.92 Å². The molecular formula is C11H16N2O3. The molecule has 16 heavy (non-hydrogen) atoms. The maximum absolute atomic E-state index is 11.8. The summed E-state index contributed by atoms with van der Waals surface area (Å²) in [5.74, 6) is -1.32. The van der Waals surface area contributed by atoms with Crippen molar-refractivity contribution in [1.29, 1.82) is 0 Å². The lowest BCUT2D eigenvalue weighted by Crippen LogP contribution is -2.60. The molecule has 5 heteroatoms. The minimum absolute atomic E-state index is 0.321. The molecule has 0 bridgehead atoms. The molecule has 2 unspecified atom stereocenters. The van der Waals surface area contributed by atoms with Crippen LogP contribution in [-0.2, 0) is 9.59 Å². The number of nitrogens with one attached hydrogen (secondary N) is 2. The molecule has 2 rings (SSSR count). The maximum atomic E-state index is 11.8. The molecule has 1 aliphatic carbocycles. The van der Waals surface area contributed by atoms with Crippen LogP contribution in [0.25, 0.3) is 0 Å². The quantitative estimate of drug-likeness (QED) is 0.647. The number of imide groups is 2. The second kappa shape index (κ2) is 3.57.